The Bertz CT molecular complexity index is 382. The summed E-state index contributed by atoms with van der Waals surface area (Å²) in [5, 5.41) is 0. The van der Waals surface area contributed by atoms with Crippen molar-refractivity contribution in [3.8, 4) is 0 Å². The molecule has 0 amide bonds. The smallest absolute Gasteiger partial charge is 0.0906 e. The quantitative estimate of drug-likeness (QED) is 0.787. The van der Waals surface area contributed by atoms with E-state index in [-0.39, 0.29) is 6.67 Å². The zero-order chi connectivity index (χ0) is 13.5. The highest BCUT2D eigenvalue weighted by Crippen LogP contribution is 2.19. The molecule has 0 bridgehead atoms. The molecule has 0 spiro atoms. The van der Waals surface area contributed by atoms with Crippen LogP contribution in [0.5, 0.6) is 0 Å². The average Bonchev–Trinajstić information content (AvgIpc) is 2.44. The predicted molar refractivity (Wildman–Crippen MR) is 79.0 cm³/mol. The van der Waals surface area contributed by atoms with Gasteiger partial charge in [0.05, 0.1) is 6.67 Å². The number of hydrogen-bond acceptors (Lipinski definition) is 2. The zero-order valence-electron chi connectivity index (χ0n) is 11.2. The van der Waals surface area contributed by atoms with Crippen LogP contribution in [0.15, 0.2) is 28.7 Å². The Morgan fingerprint density at radius 2 is 2.11 bits per heavy atom. The largest absolute Gasteiger partial charge is 0.381 e. The molecule has 0 saturated carbocycles. The number of alkyl halides is 1. The Balaban J connectivity index is 1.99. The molecule has 106 valence electrons. The first kappa shape index (κ1) is 14.9. The summed E-state index contributed by atoms with van der Waals surface area (Å²) in [7, 11) is 0. The van der Waals surface area contributed by atoms with Crippen LogP contribution in [0.2, 0.25) is 0 Å². The monoisotopic (exact) mass is 329 g/mol. The third kappa shape index (κ3) is 4.86. The molecule has 4 heteroatoms. The van der Waals surface area contributed by atoms with Gasteiger partial charge >= 0.3 is 0 Å². The lowest BCUT2D eigenvalue weighted by Crippen LogP contribution is -2.39. The highest BCUT2D eigenvalue weighted by Gasteiger charge is 2.21. The van der Waals surface area contributed by atoms with Crippen molar-refractivity contribution in [2.75, 3.05) is 26.4 Å². The maximum Gasteiger partial charge on any atom is 0.0906 e. The lowest BCUT2D eigenvalue weighted by molar-refractivity contribution is 0.0299. The van der Waals surface area contributed by atoms with Gasteiger partial charge in [-0.2, -0.15) is 0 Å². The minimum Gasteiger partial charge on any atom is -0.381 e. The molecule has 0 aromatic heterocycles. The van der Waals surface area contributed by atoms with Crippen LogP contribution in [0.4, 0.5) is 4.39 Å². The molecular weight excluding hydrogens is 309 g/mol. The van der Waals surface area contributed by atoms with Crippen LogP contribution in [0.3, 0.4) is 0 Å². The highest BCUT2D eigenvalue weighted by atomic mass is 79.9. The Hall–Kier alpha value is -0.450. The van der Waals surface area contributed by atoms with Crippen LogP contribution < -0.4 is 0 Å². The lowest BCUT2D eigenvalue weighted by Gasteiger charge is -2.34. The van der Waals surface area contributed by atoms with Gasteiger partial charge in [0.25, 0.3) is 0 Å². The molecular formula is C15H21BrFNO. The fourth-order valence-electron chi connectivity index (χ4n) is 2.57. The average molecular weight is 330 g/mol. The summed E-state index contributed by atoms with van der Waals surface area (Å²) >= 11 is 3.50. The third-order valence-electron chi connectivity index (χ3n) is 3.56. The van der Waals surface area contributed by atoms with Crippen LogP contribution in [0, 0.1) is 0 Å². The Kier molecular flexibility index (Phi) is 6.28. The molecule has 0 unspecified atom stereocenters. The first-order valence-corrected chi connectivity index (χ1v) is 7.71. The fraction of sp³-hybridized carbons (Fsp3) is 0.600. The standard InChI is InChI=1S/C15H21BrFNO/c16-14-4-1-3-13(11-14)12-18(8-2-7-17)15-5-9-19-10-6-15/h1,3-4,11,15H,2,5-10,12H2. The van der Waals surface area contributed by atoms with Gasteiger partial charge in [0.15, 0.2) is 0 Å². The molecule has 2 rings (SSSR count). The summed E-state index contributed by atoms with van der Waals surface area (Å²) in [6, 6.07) is 8.88. The van der Waals surface area contributed by atoms with Crippen LogP contribution >= 0.6 is 15.9 Å². The summed E-state index contributed by atoms with van der Waals surface area (Å²) in [6.07, 6.45) is 2.73. The van der Waals surface area contributed by atoms with E-state index in [0.29, 0.717) is 12.5 Å². The van der Waals surface area contributed by atoms with Gasteiger partial charge in [0, 0.05) is 36.8 Å². The Morgan fingerprint density at radius 1 is 1.32 bits per heavy atom. The minimum atomic E-state index is -0.238. The summed E-state index contributed by atoms with van der Waals surface area (Å²) < 4.78 is 19.0. The van der Waals surface area contributed by atoms with Crippen LogP contribution in [0.1, 0.15) is 24.8 Å². The molecule has 1 aliphatic heterocycles. The third-order valence-corrected chi connectivity index (χ3v) is 4.05. The first-order chi connectivity index (χ1) is 9.29. The maximum atomic E-state index is 12.5. The minimum absolute atomic E-state index is 0.238. The molecule has 0 atom stereocenters. The molecule has 2 nitrogen and oxygen atoms in total. The molecule has 1 heterocycles. The van der Waals surface area contributed by atoms with E-state index in [1.165, 1.54) is 5.56 Å². The fourth-order valence-corrected chi connectivity index (χ4v) is 3.02. The number of hydrogen-bond donors (Lipinski definition) is 0. The molecule has 1 aliphatic rings. The van der Waals surface area contributed by atoms with Crippen molar-refractivity contribution >= 4 is 15.9 Å². The van der Waals surface area contributed by atoms with E-state index < -0.39 is 0 Å². The molecule has 1 aromatic carbocycles. The van der Waals surface area contributed by atoms with Gasteiger partial charge in [0.2, 0.25) is 0 Å². The molecule has 0 N–H and O–H groups in total. The van der Waals surface area contributed by atoms with Gasteiger partial charge in [-0.1, -0.05) is 28.1 Å². The summed E-state index contributed by atoms with van der Waals surface area (Å²) in [6.45, 7) is 3.14. The van der Waals surface area contributed by atoms with Crippen molar-refractivity contribution in [2.45, 2.75) is 31.8 Å². The van der Waals surface area contributed by atoms with Crippen LogP contribution in [-0.2, 0) is 11.3 Å². The summed E-state index contributed by atoms with van der Waals surface area (Å²) in [5.74, 6) is 0. The second kappa shape index (κ2) is 7.98. The van der Waals surface area contributed by atoms with Crippen molar-refractivity contribution in [3.63, 3.8) is 0 Å². The van der Waals surface area contributed by atoms with Crippen molar-refractivity contribution in [2.24, 2.45) is 0 Å². The molecule has 0 aliphatic carbocycles. The molecule has 0 radical (unpaired) electrons. The van der Waals surface area contributed by atoms with Crippen molar-refractivity contribution < 1.29 is 9.13 Å². The van der Waals surface area contributed by atoms with Crippen molar-refractivity contribution in [1.82, 2.24) is 4.90 Å². The van der Waals surface area contributed by atoms with E-state index in [0.717, 1.165) is 43.6 Å². The van der Waals surface area contributed by atoms with Gasteiger partial charge in [-0.15, -0.1) is 0 Å². The van der Waals surface area contributed by atoms with Gasteiger partial charge in [-0.25, -0.2) is 0 Å². The molecule has 1 fully saturated rings. The number of ether oxygens (including phenoxy) is 1. The molecule has 1 aromatic rings. The normalized spacial score (nSPS) is 17.0. The molecule has 1 saturated heterocycles. The zero-order valence-corrected chi connectivity index (χ0v) is 12.7. The van der Waals surface area contributed by atoms with Crippen molar-refractivity contribution in [3.05, 3.63) is 34.3 Å². The maximum absolute atomic E-state index is 12.5. The van der Waals surface area contributed by atoms with Crippen LogP contribution in [-0.4, -0.2) is 37.4 Å². The highest BCUT2D eigenvalue weighted by molar-refractivity contribution is 9.10. The summed E-state index contributed by atoms with van der Waals surface area (Å²) in [5.41, 5.74) is 1.28. The van der Waals surface area contributed by atoms with Gasteiger partial charge in [-0.3, -0.25) is 9.29 Å². The second-order valence-corrected chi connectivity index (χ2v) is 5.90. The van der Waals surface area contributed by atoms with E-state index in [2.05, 4.69) is 39.0 Å². The SMILES string of the molecule is FCCCN(Cc1cccc(Br)c1)C1CCOCC1. The predicted octanol–water partition coefficient (Wildman–Crippen LogP) is 3.79. The topological polar surface area (TPSA) is 12.5 Å². The number of benzene rings is 1. The van der Waals surface area contributed by atoms with E-state index in [1.54, 1.807) is 0 Å². The van der Waals surface area contributed by atoms with E-state index in [1.807, 2.05) is 6.07 Å². The summed E-state index contributed by atoms with van der Waals surface area (Å²) in [4.78, 5) is 2.41. The van der Waals surface area contributed by atoms with Crippen molar-refractivity contribution in [1.29, 1.82) is 0 Å². The number of nitrogens with zero attached hydrogens (tertiary/aromatic N) is 1. The molecule has 19 heavy (non-hydrogen) atoms. The first-order valence-electron chi connectivity index (χ1n) is 6.92. The van der Waals surface area contributed by atoms with E-state index in [9.17, 15) is 4.39 Å². The van der Waals surface area contributed by atoms with Gasteiger partial charge < -0.3 is 4.74 Å². The van der Waals surface area contributed by atoms with Gasteiger partial charge in [0.1, 0.15) is 0 Å². The number of rotatable bonds is 6. The van der Waals surface area contributed by atoms with Crippen LogP contribution in [0.25, 0.3) is 0 Å². The van der Waals surface area contributed by atoms with Gasteiger partial charge in [-0.05, 0) is 37.0 Å². The lowest BCUT2D eigenvalue weighted by atomic mass is 10.1. The second-order valence-electron chi connectivity index (χ2n) is 4.99. The Labute approximate surface area is 123 Å². The van der Waals surface area contributed by atoms with E-state index >= 15 is 0 Å². The van der Waals surface area contributed by atoms with E-state index in [4.69, 9.17) is 4.74 Å². The number of halogens is 2. The Morgan fingerprint density at radius 3 is 2.79 bits per heavy atom.